The van der Waals surface area contributed by atoms with E-state index in [-0.39, 0.29) is 0 Å². The monoisotopic (exact) mass is 1020 g/mol. The minimum atomic E-state index is -0.679. The van der Waals surface area contributed by atoms with Crippen molar-refractivity contribution in [1.29, 1.82) is 0 Å². The summed E-state index contributed by atoms with van der Waals surface area (Å²) in [6, 6.07) is 111. The van der Waals surface area contributed by atoms with Gasteiger partial charge in [-0.15, -0.1) is 0 Å². The van der Waals surface area contributed by atoms with Gasteiger partial charge in [-0.3, -0.25) is 0 Å². The van der Waals surface area contributed by atoms with Gasteiger partial charge in [0.05, 0.1) is 10.8 Å². The lowest BCUT2D eigenvalue weighted by Gasteiger charge is -2.42. The van der Waals surface area contributed by atoms with Crippen molar-refractivity contribution in [2.75, 3.05) is 0 Å². The zero-order valence-electron chi connectivity index (χ0n) is 43.7. The number of para-hydroxylation sites is 4. The van der Waals surface area contributed by atoms with E-state index in [1.54, 1.807) is 0 Å². The molecule has 374 valence electrons. The van der Waals surface area contributed by atoms with Gasteiger partial charge in [-0.1, -0.05) is 279 Å². The van der Waals surface area contributed by atoms with Gasteiger partial charge < -0.3 is 9.47 Å². The molecule has 0 saturated carbocycles. The highest BCUT2D eigenvalue weighted by molar-refractivity contribution is 6.24. The molecule has 0 unspecified atom stereocenters. The average molecular weight is 1020 g/mol. The number of rotatable bonds is 7. The van der Waals surface area contributed by atoms with Gasteiger partial charge in [0.1, 0.15) is 23.0 Å². The number of hydrogen-bond donors (Lipinski definition) is 0. The molecule has 0 saturated heterocycles. The zero-order chi connectivity index (χ0) is 52.8. The molecule has 0 aliphatic carbocycles. The van der Waals surface area contributed by atoms with E-state index in [4.69, 9.17) is 9.47 Å². The van der Waals surface area contributed by atoms with Crippen molar-refractivity contribution in [3.63, 3.8) is 0 Å². The molecule has 0 aromatic heterocycles. The van der Waals surface area contributed by atoms with E-state index in [0.29, 0.717) is 0 Å². The van der Waals surface area contributed by atoms with Gasteiger partial charge in [0.15, 0.2) is 0 Å². The first kappa shape index (κ1) is 45.9. The maximum Gasteiger partial charge on any atom is 0.140 e. The van der Waals surface area contributed by atoms with Gasteiger partial charge in [0.25, 0.3) is 0 Å². The van der Waals surface area contributed by atoms with Crippen molar-refractivity contribution < 1.29 is 9.47 Å². The summed E-state index contributed by atoms with van der Waals surface area (Å²) >= 11 is 0. The second-order valence-electron chi connectivity index (χ2n) is 21.3. The second-order valence-corrected chi connectivity index (χ2v) is 21.3. The van der Waals surface area contributed by atoms with Crippen LogP contribution < -0.4 is 9.47 Å². The maximum atomic E-state index is 7.38. The van der Waals surface area contributed by atoms with Crippen molar-refractivity contribution in [2.45, 2.75) is 10.8 Å². The van der Waals surface area contributed by atoms with Gasteiger partial charge in [-0.05, 0) is 112 Å². The fourth-order valence-corrected chi connectivity index (χ4v) is 14.1. The summed E-state index contributed by atoms with van der Waals surface area (Å²) in [5.74, 6) is 3.38. The molecule has 0 amide bonds. The van der Waals surface area contributed by atoms with Crippen LogP contribution in [-0.2, 0) is 10.8 Å². The molecule has 2 heterocycles. The Morgan fingerprint density at radius 3 is 1.04 bits per heavy atom. The van der Waals surface area contributed by atoms with Crippen molar-refractivity contribution in [3.8, 4) is 56.4 Å². The van der Waals surface area contributed by atoms with Crippen LogP contribution in [0.3, 0.4) is 0 Å². The highest BCUT2D eigenvalue weighted by Gasteiger charge is 2.47. The number of benzene rings is 14. The Morgan fingerprint density at radius 2 is 0.562 bits per heavy atom. The van der Waals surface area contributed by atoms with E-state index in [1.165, 1.54) is 54.9 Å². The summed E-state index contributed by atoms with van der Waals surface area (Å²) in [5.41, 5.74) is 14.4. The molecule has 80 heavy (non-hydrogen) atoms. The minimum Gasteiger partial charge on any atom is -0.456 e. The molecule has 2 aliphatic heterocycles. The number of fused-ring (bicyclic) bond motifs is 9. The van der Waals surface area contributed by atoms with Crippen molar-refractivity contribution >= 4 is 43.1 Å². The van der Waals surface area contributed by atoms with Crippen LogP contribution in [0.5, 0.6) is 23.0 Å². The van der Waals surface area contributed by atoms with Crippen LogP contribution in [0.1, 0.15) is 44.5 Å². The first-order valence-electron chi connectivity index (χ1n) is 27.6. The molecule has 14 aromatic carbocycles. The molecular weight excluding hydrogens is 969 g/mol. The Bertz CT molecular complexity index is 4430. The molecular formula is C78H50O2. The Morgan fingerprint density at radius 1 is 0.212 bits per heavy atom. The lowest BCUT2D eigenvalue weighted by atomic mass is 9.63. The highest BCUT2D eigenvalue weighted by atomic mass is 16.5. The minimum absolute atomic E-state index is 0.679. The summed E-state index contributed by atoms with van der Waals surface area (Å²) in [4.78, 5) is 0. The molecule has 14 aromatic rings. The molecule has 0 atom stereocenters. The fraction of sp³-hybridized carbons (Fsp3) is 0.0256. The quantitative estimate of drug-likeness (QED) is 0.117. The number of ether oxygens (including phenoxy) is 2. The van der Waals surface area contributed by atoms with Crippen LogP contribution >= 0.6 is 0 Å². The third-order valence-corrected chi connectivity index (χ3v) is 17.3. The molecule has 0 N–H and O–H groups in total. The Balaban J connectivity index is 1.02. The summed E-state index contributed by atoms with van der Waals surface area (Å²) < 4.78 is 14.8. The lowest BCUT2D eigenvalue weighted by Crippen LogP contribution is -2.34. The molecule has 0 fully saturated rings. The third kappa shape index (κ3) is 6.60. The lowest BCUT2D eigenvalue weighted by molar-refractivity contribution is 0.436. The topological polar surface area (TPSA) is 18.5 Å². The molecule has 2 aliphatic rings. The standard InChI is InChI=1S/C78H50O2/c1-5-26-52(27-6-1)77(53-28-7-2-8-29-53)68-43-17-19-47-72(68)79-75-63(41-23-45-70(75)77)59-37-21-39-61-65(59)50-66-60(38-22-40-62(66)74(61)67-49-51-25-13-14-34-56(51)57-35-15-16-36-58(57)67)64-42-24-46-71-76(64)80-73-48-20-18-44-69(73)78(71,54-30-9-3-10-31-54)55-32-11-4-12-33-55/h1-50H. The van der Waals surface area contributed by atoms with Crippen molar-refractivity contribution in [3.05, 3.63) is 348 Å². The van der Waals surface area contributed by atoms with E-state index in [0.717, 1.165) is 89.1 Å². The largest absolute Gasteiger partial charge is 0.456 e. The predicted molar refractivity (Wildman–Crippen MR) is 330 cm³/mol. The van der Waals surface area contributed by atoms with Crippen molar-refractivity contribution in [1.82, 2.24) is 0 Å². The Labute approximate surface area is 465 Å². The Hall–Kier alpha value is -10.3. The van der Waals surface area contributed by atoms with Gasteiger partial charge in [-0.2, -0.15) is 0 Å². The summed E-state index contributed by atoms with van der Waals surface area (Å²) in [6.45, 7) is 0. The van der Waals surface area contributed by atoms with Crippen LogP contribution in [0.2, 0.25) is 0 Å². The molecule has 0 spiro atoms. The normalized spacial score (nSPS) is 13.7. The van der Waals surface area contributed by atoms with Crippen molar-refractivity contribution in [2.24, 2.45) is 0 Å². The van der Waals surface area contributed by atoms with Crippen LogP contribution in [0.15, 0.2) is 303 Å². The highest BCUT2D eigenvalue weighted by Crippen LogP contribution is 2.60. The van der Waals surface area contributed by atoms with Crippen LogP contribution in [0.25, 0.3) is 76.5 Å². The molecule has 0 bridgehead atoms. The number of hydrogen-bond acceptors (Lipinski definition) is 2. The SMILES string of the molecule is c1ccc(C2(c3ccccc3)c3ccccc3Oc3c(-c4cccc5c(-c6cc7ccccc7c7ccccc67)c6cccc(-c7cccc8c7Oc7ccccc7C8(c7ccccc7)c7ccccc7)c6cc45)cccc32)cc1. The van der Waals surface area contributed by atoms with Crippen LogP contribution in [-0.4, -0.2) is 0 Å². The molecule has 2 heteroatoms. The Kier molecular flexibility index (Phi) is 10.4. The molecule has 16 rings (SSSR count). The van der Waals surface area contributed by atoms with E-state index in [9.17, 15) is 0 Å². The van der Waals surface area contributed by atoms with Gasteiger partial charge in [0, 0.05) is 33.4 Å². The smallest absolute Gasteiger partial charge is 0.140 e. The first-order valence-corrected chi connectivity index (χ1v) is 27.6. The molecule has 2 nitrogen and oxygen atoms in total. The predicted octanol–water partition coefficient (Wildman–Crippen LogP) is 20.3. The van der Waals surface area contributed by atoms with E-state index in [1.807, 2.05) is 0 Å². The summed E-state index contributed by atoms with van der Waals surface area (Å²) in [5, 5.41) is 9.43. The molecule has 0 radical (unpaired) electrons. The zero-order valence-corrected chi connectivity index (χ0v) is 43.7. The van der Waals surface area contributed by atoms with Gasteiger partial charge in [0.2, 0.25) is 0 Å². The average Bonchev–Trinajstić information content (AvgIpc) is 3.66. The first-order chi connectivity index (χ1) is 39.7. The summed E-state index contributed by atoms with van der Waals surface area (Å²) in [6.07, 6.45) is 0. The third-order valence-electron chi connectivity index (χ3n) is 17.3. The van der Waals surface area contributed by atoms with Gasteiger partial charge >= 0.3 is 0 Å². The second kappa shape index (κ2) is 18.2. The maximum absolute atomic E-state index is 7.38. The van der Waals surface area contributed by atoms with Crippen LogP contribution in [0.4, 0.5) is 0 Å². The fourth-order valence-electron chi connectivity index (χ4n) is 14.1. The van der Waals surface area contributed by atoms with E-state index >= 15 is 0 Å². The summed E-state index contributed by atoms with van der Waals surface area (Å²) in [7, 11) is 0. The van der Waals surface area contributed by atoms with E-state index in [2.05, 4.69) is 303 Å². The van der Waals surface area contributed by atoms with Gasteiger partial charge in [-0.25, -0.2) is 0 Å². The van der Waals surface area contributed by atoms with Crippen LogP contribution in [0, 0.1) is 0 Å². The van der Waals surface area contributed by atoms with E-state index < -0.39 is 10.8 Å².